The summed E-state index contributed by atoms with van der Waals surface area (Å²) < 4.78 is 5.55. The number of nitrogens with zero attached hydrogens (tertiary/aromatic N) is 5. The van der Waals surface area contributed by atoms with Gasteiger partial charge in [-0.1, -0.05) is 11.6 Å². The van der Waals surface area contributed by atoms with Crippen molar-refractivity contribution in [1.82, 2.24) is 20.1 Å². The molecule has 11 heteroatoms. The molecule has 2 atom stereocenters. The molecule has 0 bridgehead atoms. The predicted octanol–water partition coefficient (Wildman–Crippen LogP) is 1.40. The van der Waals surface area contributed by atoms with E-state index in [1.54, 1.807) is 17.2 Å². The summed E-state index contributed by atoms with van der Waals surface area (Å²) in [6.45, 7) is 2.50. The quantitative estimate of drug-likeness (QED) is 0.670. The van der Waals surface area contributed by atoms with E-state index < -0.39 is 5.56 Å². The molecule has 2 aliphatic rings. The molecule has 2 aromatic rings. The van der Waals surface area contributed by atoms with Crippen LogP contribution < -0.4 is 15.2 Å². The predicted molar refractivity (Wildman–Crippen MR) is 119 cm³/mol. The van der Waals surface area contributed by atoms with Crippen LogP contribution in [0.1, 0.15) is 24.8 Å². The number of carbonyl (C=O) groups is 2. The lowest BCUT2D eigenvalue weighted by Crippen LogP contribution is -2.49. The molecule has 1 aliphatic carbocycles. The van der Waals surface area contributed by atoms with Crippen molar-refractivity contribution in [2.75, 3.05) is 37.7 Å². The second-order valence-electron chi connectivity index (χ2n) is 8.15. The number of piperazine rings is 1. The van der Waals surface area contributed by atoms with E-state index in [9.17, 15) is 14.4 Å². The van der Waals surface area contributed by atoms with Crippen LogP contribution >= 0.6 is 11.6 Å². The zero-order valence-electron chi connectivity index (χ0n) is 17.9. The number of rotatable bonds is 6. The molecule has 1 saturated heterocycles. The number of carbonyl (C=O) groups excluding carboxylic acids is 2. The number of amides is 1. The fourth-order valence-corrected chi connectivity index (χ4v) is 4.36. The molecule has 2 fully saturated rings. The van der Waals surface area contributed by atoms with E-state index in [0.29, 0.717) is 44.6 Å². The van der Waals surface area contributed by atoms with Crippen LogP contribution in [0.25, 0.3) is 0 Å². The Labute approximate surface area is 195 Å². The molecule has 1 amide bonds. The molecule has 1 N–H and O–H groups in total. The van der Waals surface area contributed by atoms with E-state index in [0.717, 1.165) is 5.82 Å². The Kier molecular flexibility index (Phi) is 6.89. The number of H-pyrrole nitrogens is 1. The molecule has 3 heterocycles. The van der Waals surface area contributed by atoms with Gasteiger partial charge in [-0.15, -0.1) is 0 Å². The van der Waals surface area contributed by atoms with Crippen molar-refractivity contribution in [2.45, 2.75) is 19.3 Å². The van der Waals surface area contributed by atoms with E-state index >= 15 is 0 Å². The number of ketones is 1. The van der Waals surface area contributed by atoms with Crippen LogP contribution in [0.2, 0.25) is 5.02 Å². The highest BCUT2D eigenvalue weighted by molar-refractivity contribution is 6.31. The lowest BCUT2D eigenvalue weighted by atomic mass is 9.99. The summed E-state index contributed by atoms with van der Waals surface area (Å²) in [5.74, 6) is 0.254. The van der Waals surface area contributed by atoms with Gasteiger partial charge in [0.2, 0.25) is 5.91 Å². The number of halogens is 1. The van der Waals surface area contributed by atoms with Crippen LogP contribution in [0.4, 0.5) is 5.82 Å². The van der Waals surface area contributed by atoms with Gasteiger partial charge in [-0.05, 0) is 25.0 Å². The van der Waals surface area contributed by atoms with Crippen LogP contribution in [0.3, 0.4) is 0 Å². The molecule has 172 valence electrons. The Bertz CT molecular complexity index is 1120. The molecule has 1 saturated carbocycles. The van der Waals surface area contributed by atoms with E-state index in [1.165, 1.54) is 6.20 Å². The Morgan fingerprint density at radius 2 is 1.94 bits per heavy atom. The van der Waals surface area contributed by atoms with Gasteiger partial charge in [0.1, 0.15) is 17.7 Å². The number of hydrogen-bond acceptors (Lipinski definition) is 8. The largest absolute Gasteiger partial charge is 0.489 e. The first-order chi connectivity index (χ1) is 16.0. The number of ether oxygens (including phenoxy) is 1. The van der Waals surface area contributed by atoms with Crippen molar-refractivity contribution in [2.24, 2.45) is 11.8 Å². The molecule has 0 spiro atoms. The number of Topliss-reactive ketones (excluding diaryl/α,β-unsaturated/α-hetero) is 1. The van der Waals surface area contributed by atoms with Gasteiger partial charge in [0.05, 0.1) is 24.3 Å². The van der Waals surface area contributed by atoms with Gasteiger partial charge in [0.25, 0.3) is 5.56 Å². The Morgan fingerprint density at radius 3 is 2.64 bits per heavy atom. The second kappa shape index (κ2) is 10.0. The van der Waals surface area contributed by atoms with Gasteiger partial charge in [-0.2, -0.15) is 10.4 Å². The zero-order chi connectivity index (χ0) is 23.4. The number of aromatic amines is 1. The molecule has 1 aliphatic heterocycles. The molecule has 10 nitrogen and oxygen atoms in total. The number of nitrogens with one attached hydrogen (secondary N) is 1. The highest BCUT2D eigenvalue weighted by Crippen LogP contribution is 2.31. The number of nitriles is 1. The zero-order valence-corrected chi connectivity index (χ0v) is 18.6. The number of anilines is 1. The summed E-state index contributed by atoms with van der Waals surface area (Å²) in [6.07, 6.45) is 4.30. The SMILES string of the molecule is N#Cc1ccc(N2CCN(C(=O)C[C@@H]3CC[C@@H](COc4cn[nH]c(=O)c4Cl)C3=O)CC2)nc1. The van der Waals surface area contributed by atoms with Crippen molar-refractivity contribution in [3.8, 4) is 11.8 Å². The molecular weight excluding hydrogens is 448 g/mol. The third-order valence-corrected chi connectivity index (χ3v) is 6.48. The molecule has 2 aromatic heterocycles. The van der Waals surface area contributed by atoms with Gasteiger partial charge in [-0.25, -0.2) is 10.1 Å². The first-order valence-corrected chi connectivity index (χ1v) is 11.1. The summed E-state index contributed by atoms with van der Waals surface area (Å²) in [4.78, 5) is 45.3. The third-order valence-electron chi connectivity index (χ3n) is 6.13. The molecular formula is C22H23ClN6O4. The van der Waals surface area contributed by atoms with E-state index in [1.807, 2.05) is 12.1 Å². The molecule has 0 unspecified atom stereocenters. The van der Waals surface area contributed by atoms with Crippen molar-refractivity contribution in [1.29, 1.82) is 5.26 Å². The van der Waals surface area contributed by atoms with Gasteiger partial charge in [-0.3, -0.25) is 14.4 Å². The normalized spacial score (nSPS) is 20.5. The average Bonchev–Trinajstić information content (AvgIpc) is 3.19. The summed E-state index contributed by atoms with van der Waals surface area (Å²) in [5.41, 5.74) is -0.0415. The monoisotopic (exact) mass is 470 g/mol. The lowest BCUT2D eigenvalue weighted by molar-refractivity contribution is -0.135. The van der Waals surface area contributed by atoms with E-state index in [4.69, 9.17) is 21.6 Å². The number of hydrogen-bond donors (Lipinski definition) is 1. The van der Waals surface area contributed by atoms with Crippen molar-refractivity contribution < 1.29 is 14.3 Å². The fourth-order valence-electron chi connectivity index (χ4n) is 4.21. The van der Waals surface area contributed by atoms with Crippen molar-refractivity contribution in [3.05, 3.63) is 45.5 Å². The van der Waals surface area contributed by atoms with Crippen molar-refractivity contribution in [3.63, 3.8) is 0 Å². The Morgan fingerprint density at radius 1 is 1.18 bits per heavy atom. The third kappa shape index (κ3) is 5.14. The maximum atomic E-state index is 12.8. The van der Waals surface area contributed by atoms with Crippen LogP contribution in [0, 0.1) is 23.2 Å². The molecule has 0 aromatic carbocycles. The number of pyridine rings is 1. The lowest BCUT2D eigenvalue weighted by Gasteiger charge is -2.35. The summed E-state index contributed by atoms with van der Waals surface area (Å²) in [6, 6.07) is 5.59. The standard InChI is InChI=1S/C22H23ClN6O4/c23-20-17(12-26-27-22(20)32)33-13-16-3-2-15(21(16)31)9-19(30)29-7-5-28(6-8-29)18-4-1-14(10-24)11-25-18/h1,4,11-12,15-16H,2-3,5-9,13H2,(H,27,32)/t15-,16-/m0/s1. The first-order valence-electron chi connectivity index (χ1n) is 10.7. The molecule has 0 radical (unpaired) electrons. The maximum Gasteiger partial charge on any atom is 0.286 e. The molecule has 33 heavy (non-hydrogen) atoms. The Hall–Kier alpha value is -3.45. The highest BCUT2D eigenvalue weighted by atomic mass is 35.5. The minimum Gasteiger partial charge on any atom is -0.489 e. The van der Waals surface area contributed by atoms with Gasteiger partial charge < -0.3 is 14.5 Å². The minimum absolute atomic E-state index is 0.0118. The van der Waals surface area contributed by atoms with Crippen LogP contribution in [-0.2, 0) is 9.59 Å². The fraction of sp³-hybridized carbons (Fsp3) is 0.455. The van der Waals surface area contributed by atoms with Crippen LogP contribution in [0.5, 0.6) is 5.75 Å². The summed E-state index contributed by atoms with van der Waals surface area (Å²) in [7, 11) is 0. The van der Waals surface area contributed by atoms with Gasteiger partial charge in [0.15, 0.2) is 10.8 Å². The highest BCUT2D eigenvalue weighted by Gasteiger charge is 2.37. The molecule has 4 rings (SSSR count). The first kappa shape index (κ1) is 22.7. The van der Waals surface area contributed by atoms with Crippen LogP contribution in [0.15, 0.2) is 29.3 Å². The topological polar surface area (TPSA) is 132 Å². The van der Waals surface area contributed by atoms with Gasteiger partial charge in [0, 0.05) is 44.7 Å². The second-order valence-corrected chi connectivity index (χ2v) is 8.53. The van der Waals surface area contributed by atoms with Crippen LogP contribution in [-0.4, -0.2) is 64.6 Å². The maximum absolute atomic E-state index is 12.8. The average molecular weight is 471 g/mol. The van der Waals surface area contributed by atoms with E-state index in [-0.39, 0.29) is 47.3 Å². The smallest absolute Gasteiger partial charge is 0.286 e. The Balaban J connectivity index is 1.25. The minimum atomic E-state index is -0.551. The summed E-state index contributed by atoms with van der Waals surface area (Å²) in [5, 5.41) is 14.6. The van der Waals surface area contributed by atoms with Gasteiger partial charge >= 0.3 is 0 Å². The van der Waals surface area contributed by atoms with Crippen molar-refractivity contribution >= 4 is 29.1 Å². The van der Waals surface area contributed by atoms with E-state index in [2.05, 4.69) is 20.1 Å². The summed E-state index contributed by atoms with van der Waals surface area (Å²) >= 11 is 5.90. The number of aromatic nitrogens is 3.